The Bertz CT molecular complexity index is 855. The number of rotatable bonds is 4. The number of ketones is 1. The molecule has 0 aliphatic carbocycles. The van der Waals surface area contributed by atoms with Gasteiger partial charge in [0.2, 0.25) is 5.78 Å². The average molecular weight is 354 g/mol. The fourth-order valence-corrected chi connectivity index (χ4v) is 3.63. The monoisotopic (exact) mass is 353 g/mol. The summed E-state index contributed by atoms with van der Waals surface area (Å²) >= 11 is 13.3. The lowest BCUT2D eigenvalue weighted by molar-refractivity contribution is 0.0478. The first-order valence-electron chi connectivity index (χ1n) is 6.27. The molecule has 112 valence electrons. The molecule has 2 aromatic heterocycles. The molecule has 0 unspecified atom stereocenters. The molecular formula is C15H9Cl2NO3S. The Morgan fingerprint density at radius 2 is 2.05 bits per heavy atom. The quantitative estimate of drug-likeness (QED) is 0.551. The van der Waals surface area contributed by atoms with Gasteiger partial charge in [0, 0.05) is 21.3 Å². The molecule has 2 heterocycles. The lowest BCUT2D eigenvalue weighted by atomic mass is 10.2. The summed E-state index contributed by atoms with van der Waals surface area (Å²) < 4.78 is 5.83. The van der Waals surface area contributed by atoms with Crippen molar-refractivity contribution in [2.45, 2.75) is 0 Å². The van der Waals surface area contributed by atoms with Gasteiger partial charge in [-0.1, -0.05) is 29.3 Å². The number of ether oxygens (including phenoxy) is 1. The van der Waals surface area contributed by atoms with Crippen LogP contribution in [-0.4, -0.2) is 23.3 Å². The van der Waals surface area contributed by atoms with Crippen LogP contribution in [0, 0.1) is 0 Å². The van der Waals surface area contributed by atoms with Gasteiger partial charge in [-0.25, -0.2) is 4.79 Å². The highest BCUT2D eigenvalue weighted by Gasteiger charge is 2.20. The summed E-state index contributed by atoms with van der Waals surface area (Å²) in [4.78, 5) is 26.9. The Kier molecular flexibility index (Phi) is 4.20. The summed E-state index contributed by atoms with van der Waals surface area (Å²) in [5, 5.41) is 1.61. The first-order chi connectivity index (χ1) is 10.6. The smallest absolute Gasteiger partial charge is 0.350 e. The Balaban J connectivity index is 1.78. The van der Waals surface area contributed by atoms with E-state index >= 15 is 0 Å². The molecular weight excluding hydrogens is 345 g/mol. The zero-order chi connectivity index (χ0) is 15.7. The molecule has 0 bridgehead atoms. The molecule has 0 saturated carbocycles. The average Bonchev–Trinajstić information content (AvgIpc) is 3.13. The Morgan fingerprint density at radius 1 is 1.23 bits per heavy atom. The van der Waals surface area contributed by atoms with Crippen molar-refractivity contribution in [1.29, 1.82) is 0 Å². The van der Waals surface area contributed by atoms with Crippen LogP contribution in [-0.2, 0) is 4.74 Å². The second kappa shape index (κ2) is 6.12. The maximum absolute atomic E-state index is 12.1. The van der Waals surface area contributed by atoms with Gasteiger partial charge in [-0.3, -0.25) is 4.79 Å². The molecule has 3 rings (SSSR count). The number of fused-ring (bicyclic) bond motifs is 1. The molecule has 0 atom stereocenters. The number of Topliss-reactive ketones (excluding diaryl/α,β-unsaturated/α-hetero) is 1. The highest BCUT2D eigenvalue weighted by Crippen LogP contribution is 2.37. The number of aromatic nitrogens is 1. The highest BCUT2D eigenvalue weighted by molar-refractivity contribution is 7.21. The van der Waals surface area contributed by atoms with Gasteiger partial charge in [-0.2, -0.15) is 0 Å². The van der Waals surface area contributed by atoms with E-state index in [0.29, 0.717) is 15.7 Å². The summed E-state index contributed by atoms with van der Waals surface area (Å²) in [5.41, 5.74) is 0.391. The summed E-state index contributed by atoms with van der Waals surface area (Å²) in [6.45, 7) is -0.343. The van der Waals surface area contributed by atoms with Crippen molar-refractivity contribution in [2.75, 3.05) is 6.61 Å². The summed E-state index contributed by atoms with van der Waals surface area (Å²) in [5.74, 6) is -0.930. The third-order valence-corrected chi connectivity index (χ3v) is 4.88. The third-order valence-electron chi connectivity index (χ3n) is 3.01. The number of aromatic amines is 1. The Morgan fingerprint density at radius 3 is 2.77 bits per heavy atom. The molecule has 0 saturated heterocycles. The van der Waals surface area contributed by atoms with Crippen molar-refractivity contribution >= 4 is 56.4 Å². The molecule has 0 spiro atoms. The number of benzene rings is 1. The fraction of sp³-hybridized carbons (Fsp3) is 0.0667. The van der Waals surface area contributed by atoms with Crippen molar-refractivity contribution in [1.82, 2.24) is 4.98 Å². The lowest BCUT2D eigenvalue weighted by Crippen LogP contribution is -2.14. The van der Waals surface area contributed by atoms with Crippen LogP contribution >= 0.6 is 34.5 Å². The van der Waals surface area contributed by atoms with Crippen LogP contribution in [0.5, 0.6) is 0 Å². The van der Waals surface area contributed by atoms with E-state index in [9.17, 15) is 9.59 Å². The van der Waals surface area contributed by atoms with Gasteiger partial charge in [0.05, 0.1) is 10.7 Å². The number of esters is 1. The van der Waals surface area contributed by atoms with Crippen molar-refractivity contribution < 1.29 is 14.3 Å². The van der Waals surface area contributed by atoms with E-state index in [2.05, 4.69) is 4.98 Å². The van der Waals surface area contributed by atoms with E-state index in [4.69, 9.17) is 27.9 Å². The normalized spacial score (nSPS) is 10.8. The van der Waals surface area contributed by atoms with Crippen LogP contribution in [0.3, 0.4) is 0 Å². The van der Waals surface area contributed by atoms with Crippen LogP contribution < -0.4 is 0 Å². The fourth-order valence-electron chi connectivity index (χ4n) is 1.95. The van der Waals surface area contributed by atoms with Gasteiger partial charge in [-0.05, 0) is 24.3 Å². The van der Waals surface area contributed by atoms with Crippen molar-refractivity contribution in [3.05, 3.63) is 57.1 Å². The van der Waals surface area contributed by atoms with Crippen LogP contribution in [0.4, 0.5) is 0 Å². The van der Waals surface area contributed by atoms with E-state index < -0.39 is 5.97 Å². The molecule has 22 heavy (non-hydrogen) atoms. The van der Waals surface area contributed by atoms with E-state index in [0.717, 1.165) is 10.1 Å². The third kappa shape index (κ3) is 2.88. The van der Waals surface area contributed by atoms with E-state index in [1.54, 1.807) is 36.5 Å². The minimum atomic E-state index is -0.623. The van der Waals surface area contributed by atoms with Crippen molar-refractivity contribution in [3.8, 4) is 0 Å². The minimum absolute atomic E-state index is 0.262. The zero-order valence-corrected chi connectivity index (χ0v) is 13.4. The molecule has 0 amide bonds. The van der Waals surface area contributed by atoms with Crippen LogP contribution in [0.1, 0.15) is 20.2 Å². The lowest BCUT2D eigenvalue weighted by Gasteiger charge is -2.02. The standard InChI is InChI=1S/C15H9Cl2NO3S/c16-8-3-4-9-12(6-8)22-14(13(9)17)15(20)21-7-11(19)10-2-1-5-18-10/h1-6,18H,7H2. The van der Waals surface area contributed by atoms with Gasteiger partial charge in [0.25, 0.3) is 0 Å². The SMILES string of the molecule is O=C(COC(=O)c1sc2cc(Cl)ccc2c1Cl)c1ccc[nH]1. The molecule has 3 aromatic rings. The summed E-state index contributed by atoms with van der Waals surface area (Å²) in [6.07, 6.45) is 1.63. The van der Waals surface area contributed by atoms with E-state index in [1.807, 2.05) is 0 Å². The van der Waals surface area contributed by atoms with E-state index in [1.165, 1.54) is 11.3 Å². The first kappa shape index (κ1) is 15.1. The number of thiophene rings is 1. The molecule has 1 aromatic carbocycles. The van der Waals surface area contributed by atoms with E-state index in [-0.39, 0.29) is 17.3 Å². The van der Waals surface area contributed by atoms with Gasteiger partial charge in [-0.15, -0.1) is 11.3 Å². The van der Waals surface area contributed by atoms with Crippen LogP contribution in [0.2, 0.25) is 10.0 Å². The molecule has 0 radical (unpaired) electrons. The maximum atomic E-state index is 12.1. The number of carbonyl (C=O) groups is 2. The number of hydrogen-bond acceptors (Lipinski definition) is 4. The molecule has 7 heteroatoms. The maximum Gasteiger partial charge on any atom is 0.350 e. The second-order valence-electron chi connectivity index (χ2n) is 4.47. The number of halogens is 2. The summed E-state index contributed by atoms with van der Waals surface area (Å²) in [7, 11) is 0. The second-order valence-corrected chi connectivity index (χ2v) is 6.34. The number of hydrogen-bond donors (Lipinski definition) is 1. The largest absolute Gasteiger partial charge is 0.453 e. The molecule has 0 aliphatic heterocycles. The van der Waals surface area contributed by atoms with Crippen molar-refractivity contribution in [3.63, 3.8) is 0 Å². The zero-order valence-electron chi connectivity index (χ0n) is 11.1. The Hall–Kier alpha value is -1.82. The highest BCUT2D eigenvalue weighted by atomic mass is 35.5. The van der Waals surface area contributed by atoms with Gasteiger partial charge < -0.3 is 9.72 Å². The minimum Gasteiger partial charge on any atom is -0.453 e. The summed E-state index contributed by atoms with van der Waals surface area (Å²) in [6, 6.07) is 8.49. The molecule has 4 nitrogen and oxygen atoms in total. The first-order valence-corrected chi connectivity index (χ1v) is 7.85. The number of H-pyrrole nitrogens is 1. The predicted molar refractivity (Wildman–Crippen MR) is 87.3 cm³/mol. The molecule has 1 N–H and O–H groups in total. The number of nitrogens with one attached hydrogen (secondary N) is 1. The topological polar surface area (TPSA) is 59.2 Å². The van der Waals surface area contributed by atoms with Gasteiger partial charge in [0.15, 0.2) is 6.61 Å². The van der Waals surface area contributed by atoms with Crippen LogP contribution in [0.25, 0.3) is 10.1 Å². The predicted octanol–water partition coefficient (Wildman–Crippen LogP) is 4.58. The van der Waals surface area contributed by atoms with Gasteiger partial charge >= 0.3 is 5.97 Å². The number of carbonyl (C=O) groups excluding carboxylic acids is 2. The molecule has 0 aliphatic rings. The van der Waals surface area contributed by atoms with Gasteiger partial charge in [0.1, 0.15) is 4.88 Å². The Labute approximate surface area is 139 Å². The molecule has 0 fully saturated rings. The van der Waals surface area contributed by atoms with Crippen molar-refractivity contribution in [2.24, 2.45) is 0 Å². The van der Waals surface area contributed by atoms with Crippen LogP contribution in [0.15, 0.2) is 36.5 Å².